The number of hydrogen-bond donors (Lipinski definition) is 0. The van der Waals surface area contributed by atoms with Crippen molar-refractivity contribution < 1.29 is 0 Å². The van der Waals surface area contributed by atoms with Gasteiger partial charge in [-0.3, -0.25) is 0 Å². The molecular formula is C6H6BN. The molecule has 0 amide bonds. The van der Waals surface area contributed by atoms with E-state index in [0.717, 1.165) is 5.69 Å². The molecule has 1 heterocycles. The quantitative estimate of drug-likeness (QED) is 0.517. The van der Waals surface area contributed by atoms with Gasteiger partial charge >= 0.3 is 48.4 Å². The van der Waals surface area contributed by atoms with Gasteiger partial charge in [0.15, 0.2) is 0 Å². The Hall–Kier alpha value is -0.915. The van der Waals surface area contributed by atoms with E-state index in [1.54, 1.807) is 13.1 Å². The Morgan fingerprint density at radius 1 is 1.75 bits per heavy atom. The van der Waals surface area contributed by atoms with E-state index in [1.807, 2.05) is 18.1 Å². The van der Waals surface area contributed by atoms with Crippen LogP contribution in [0.2, 0.25) is 0 Å². The van der Waals surface area contributed by atoms with E-state index in [-0.39, 0.29) is 0 Å². The Bertz CT molecular complexity index is 171. The number of rotatable bonds is 1. The fourth-order valence-electron chi connectivity index (χ4n) is 0.497. The summed E-state index contributed by atoms with van der Waals surface area (Å²) in [6.45, 7) is 3.57. The van der Waals surface area contributed by atoms with Crippen molar-refractivity contribution in [3.8, 4) is 0 Å². The van der Waals surface area contributed by atoms with Crippen LogP contribution in [0.5, 0.6) is 0 Å². The van der Waals surface area contributed by atoms with Gasteiger partial charge in [0.2, 0.25) is 0 Å². The fraction of sp³-hybridized carbons (Fsp3) is 0. The predicted octanol–water partition coefficient (Wildman–Crippen LogP) is 1.06. The Morgan fingerprint density at radius 2 is 2.62 bits per heavy atom. The first-order valence-corrected chi connectivity index (χ1v) is 2.47. The molecule has 1 rings (SSSR count). The second kappa shape index (κ2) is 2.41. The van der Waals surface area contributed by atoms with E-state index in [4.69, 9.17) is 0 Å². The van der Waals surface area contributed by atoms with Gasteiger partial charge in [0, 0.05) is 0 Å². The third kappa shape index (κ3) is 1.03. The second-order valence-electron chi connectivity index (χ2n) is 1.46. The Morgan fingerprint density at radius 3 is 3.00 bits per heavy atom. The number of nitrogens with zero attached hydrogens (tertiary/aromatic N) is 1. The van der Waals surface area contributed by atoms with E-state index in [9.17, 15) is 0 Å². The summed E-state index contributed by atoms with van der Waals surface area (Å²) < 4.78 is 0. The molecular weight excluding hydrogens is 96.9 g/mol. The van der Waals surface area contributed by atoms with E-state index < -0.39 is 0 Å². The van der Waals surface area contributed by atoms with Crippen molar-refractivity contribution in [1.82, 2.24) is 4.89 Å². The van der Waals surface area contributed by atoms with Crippen molar-refractivity contribution in [2.24, 2.45) is 0 Å². The molecule has 0 spiro atoms. The Kier molecular flexibility index (Phi) is 1.57. The third-order valence-corrected chi connectivity index (χ3v) is 0.897. The molecule has 0 saturated carbocycles. The van der Waals surface area contributed by atoms with E-state index in [0.29, 0.717) is 0 Å². The topological polar surface area (TPSA) is 12.9 Å². The van der Waals surface area contributed by atoms with Crippen LogP contribution in [0, 0.1) is 0 Å². The minimum absolute atomic E-state index is 0.924. The van der Waals surface area contributed by atoms with Crippen LogP contribution in [0.1, 0.15) is 5.69 Å². The van der Waals surface area contributed by atoms with Gasteiger partial charge in [-0.15, -0.1) is 0 Å². The van der Waals surface area contributed by atoms with Crippen molar-refractivity contribution in [2.45, 2.75) is 0 Å². The summed E-state index contributed by atoms with van der Waals surface area (Å²) in [6.07, 6.45) is 1.72. The van der Waals surface area contributed by atoms with Gasteiger partial charge in [-0.1, -0.05) is 0 Å². The Balaban J connectivity index is 2.99. The van der Waals surface area contributed by atoms with E-state index in [2.05, 4.69) is 11.5 Å². The van der Waals surface area contributed by atoms with Crippen LogP contribution in [-0.2, 0) is 0 Å². The maximum absolute atomic E-state index is 3.98. The number of hydrogen-bond acceptors (Lipinski definition) is 1. The molecule has 0 aliphatic rings. The van der Waals surface area contributed by atoms with Crippen LogP contribution >= 0.6 is 0 Å². The third-order valence-electron chi connectivity index (χ3n) is 0.897. The summed E-state index contributed by atoms with van der Waals surface area (Å²) in [7, 11) is 1.75. The fourth-order valence-corrected chi connectivity index (χ4v) is 0.497. The van der Waals surface area contributed by atoms with Gasteiger partial charge in [-0.05, 0) is 0 Å². The van der Waals surface area contributed by atoms with Crippen LogP contribution in [0.25, 0.3) is 6.08 Å². The zero-order valence-electron chi connectivity index (χ0n) is 4.54. The minimum atomic E-state index is 0.924. The Labute approximate surface area is 49.3 Å². The summed E-state index contributed by atoms with van der Waals surface area (Å²) in [5.74, 6) is 1.88. The van der Waals surface area contributed by atoms with Gasteiger partial charge < -0.3 is 0 Å². The van der Waals surface area contributed by atoms with Gasteiger partial charge in [-0.2, -0.15) is 0 Å². The number of aromatic nitrogens is 1. The van der Waals surface area contributed by atoms with Crippen LogP contribution < -0.4 is 0 Å². The normalized spacial score (nSPS) is 8.00. The maximum atomic E-state index is 3.98. The molecule has 0 bridgehead atoms. The molecule has 1 nitrogen and oxygen atoms in total. The monoisotopic (exact) mass is 103 g/mol. The molecule has 0 aliphatic heterocycles. The van der Waals surface area contributed by atoms with E-state index in [1.165, 1.54) is 0 Å². The van der Waals surface area contributed by atoms with Gasteiger partial charge in [-0.25, -0.2) is 0 Å². The molecule has 1 aromatic heterocycles. The first-order chi connectivity index (χ1) is 3.93. The molecule has 0 N–H and O–H groups in total. The predicted molar refractivity (Wildman–Crippen MR) is 35.7 cm³/mol. The molecule has 0 saturated heterocycles. The molecule has 0 atom stereocenters. The van der Waals surface area contributed by atoms with Crippen LogP contribution in [0.15, 0.2) is 24.7 Å². The second-order valence-corrected chi connectivity index (χ2v) is 1.46. The molecule has 2 heteroatoms. The molecule has 1 aromatic rings. The zero-order chi connectivity index (χ0) is 5.82. The molecule has 0 radical (unpaired) electrons. The molecule has 38 valence electrons. The zero-order valence-corrected chi connectivity index (χ0v) is 4.54. The summed E-state index contributed by atoms with van der Waals surface area (Å²) in [6, 6.07) is 3.84. The van der Waals surface area contributed by atoms with Crippen molar-refractivity contribution in [1.29, 1.82) is 0 Å². The van der Waals surface area contributed by atoms with Gasteiger partial charge in [0.1, 0.15) is 0 Å². The summed E-state index contributed by atoms with van der Waals surface area (Å²) >= 11 is 0. The summed E-state index contributed by atoms with van der Waals surface area (Å²) in [5.41, 5.74) is 0.924. The standard InChI is InChI=1S/C6H6BN/c1-2-6-4-3-5-7-8-6/h2-5H,1H2. The molecule has 0 aliphatic carbocycles. The molecule has 0 unspecified atom stereocenters. The first kappa shape index (κ1) is 5.23. The van der Waals surface area contributed by atoms with Crippen molar-refractivity contribution >= 4 is 13.1 Å². The van der Waals surface area contributed by atoms with Crippen LogP contribution in [0.3, 0.4) is 0 Å². The van der Waals surface area contributed by atoms with Crippen molar-refractivity contribution in [3.05, 3.63) is 30.4 Å². The molecule has 0 aromatic carbocycles. The summed E-state index contributed by atoms with van der Waals surface area (Å²) in [5, 5.41) is 0. The molecule has 8 heavy (non-hydrogen) atoms. The van der Waals surface area contributed by atoms with Crippen LogP contribution in [0.4, 0.5) is 0 Å². The first-order valence-electron chi connectivity index (χ1n) is 2.47. The van der Waals surface area contributed by atoms with E-state index >= 15 is 0 Å². The van der Waals surface area contributed by atoms with Gasteiger partial charge in [0.05, 0.1) is 0 Å². The van der Waals surface area contributed by atoms with Crippen molar-refractivity contribution in [2.75, 3.05) is 0 Å². The SMILES string of the molecule is C=Cc1cccbn1. The molecule has 0 fully saturated rings. The van der Waals surface area contributed by atoms with Crippen LogP contribution in [-0.4, -0.2) is 11.9 Å². The summed E-state index contributed by atoms with van der Waals surface area (Å²) in [4.78, 5) is 3.98. The average molecular weight is 103 g/mol. The van der Waals surface area contributed by atoms with Crippen molar-refractivity contribution in [3.63, 3.8) is 0 Å². The van der Waals surface area contributed by atoms with Gasteiger partial charge in [0.25, 0.3) is 0 Å². The average Bonchev–Trinajstić information content (AvgIpc) is 1.90.